The third-order valence-electron chi connectivity index (χ3n) is 1.71. The van der Waals surface area contributed by atoms with Gasteiger partial charge >= 0.3 is 6.18 Å². The van der Waals surface area contributed by atoms with Crippen molar-refractivity contribution in [3.05, 3.63) is 23.8 Å². The number of anilines is 1. The summed E-state index contributed by atoms with van der Waals surface area (Å²) in [6.07, 6.45) is -4.01. The van der Waals surface area contributed by atoms with Crippen LogP contribution in [0.5, 0.6) is 0 Å². The van der Waals surface area contributed by atoms with Crippen LogP contribution in [-0.4, -0.2) is 14.7 Å². The van der Waals surface area contributed by atoms with Crippen molar-refractivity contribution in [2.45, 2.75) is 11.1 Å². The first-order chi connectivity index (χ1) is 6.62. The summed E-state index contributed by atoms with van der Waals surface area (Å²) in [5.41, 5.74) is 3.81. The van der Waals surface area contributed by atoms with Crippen LogP contribution in [0.3, 0.4) is 0 Å². The van der Waals surface area contributed by atoms with E-state index in [4.69, 9.17) is 5.73 Å². The van der Waals surface area contributed by atoms with Gasteiger partial charge in [-0.2, -0.15) is 13.2 Å². The van der Waals surface area contributed by atoms with Crippen molar-refractivity contribution in [2.24, 2.45) is 0 Å². The molecule has 3 nitrogen and oxygen atoms in total. The second-order valence-corrected chi connectivity index (χ2v) is 5.01. The van der Waals surface area contributed by atoms with E-state index >= 15 is 0 Å². The Morgan fingerprint density at radius 1 is 1.27 bits per heavy atom. The quantitative estimate of drug-likeness (QED) is 0.758. The summed E-state index contributed by atoms with van der Waals surface area (Å²) in [7, 11) is -3.91. The first-order valence-corrected chi connectivity index (χ1v) is 5.68. The molecule has 84 valence electrons. The van der Waals surface area contributed by atoms with Crippen LogP contribution in [0.25, 0.3) is 0 Å². The standard InChI is InChI=1S/C8H8F3NO2S/c1-15(13,14)7-3-2-5(12)4-6(7)8(9,10)11/h2-4H,12H2,1H3. The molecule has 0 saturated heterocycles. The molecule has 1 rings (SSSR count). The molecule has 0 unspecified atom stereocenters. The van der Waals surface area contributed by atoms with E-state index in [1.54, 1.807) is 0 Å². The summed E-state index contributed by atoms with van der Waals surface area (Å²) >= 11 is 0. The minimum absolute atomic E-state index is 0.130. The van der Waals surface area contributed by atoms with E-state index < -0.39 is 26.5 Å². The smallest absolute Gasteiger partial charge is 0.399 e. The molecule has 0 aliphatic rings. The summed E-state index contributed by atoms with van der Waals surface area (Å²) in [4.78, 5) is -0.760. The third-order valence-corrected chi connectivity index (χ3v) is 2.86. The van der Waals surface area contributed by atoms with Crippen LogP contribution < -0.4 is 5.73 Å². The van der Waals surface area contributed by atoms with E-state index in [2.05, 4.69) is 0 Å². The fourth-order valence-corrected chi connectivity index (χ4v) is 1.98. The predicted octanol–water partition coefficient (Wildman–Crippen LogP) is 1.69. The SMILES string of the molecule is CS(=O)(=O)c1ccc(N)cc1C(F)(F)F. The predicted molar refractivity (Wildman–Crippen MR) is 49.0 cm³/mol. The van der Waals surface area contributed by atoms with Gasteiger partial charge in [-0.25, -0.2) is 8.42 Å². The molecule has 0 fully saturated rings. The largest absolute Gasteiger partial charge is 0.417 e. The van der Waals surface area contributed by atoms with Crippen LogP contribution >= 0.6 is 0 Å². The number of halogens is 3. The molecule has 0 bridgehead atoms. The van der Waals surface area contributed by atoms with Crippen molar-refractivity contribution in [1.29, 1.82) is 0 Å². The summed E-state index contributed by atoms with van der Waals surface area (Å²) in [5, 5.41) is 0. The van der Waals surface area contributed by atoms with Gasteiger partial charge in [0.15, 0.2) is 9.84 Å². The molecular formula is C8H8F3NO2S. The zero-order valence-electron chi connectivity index (χ0n) is 7.67. The zero-order valence-corrected chi connectivity index (χ0v) is 8.48. The van der Waals surface area contributed by atoms with E-state index in [1.165, 1.54) is 0 Å². The molecule has 0 aliphatic carbocycles. The minimum Gasteiger partial charge on any atom is -0.399 e. The van der Waals surface area contributed by atoms with Crippen LogP contribution in [0.15, 0.2) is 23.1 Å². The zero-order chi connectivity index (χ0) is 11.9. The number of nitrogens with two attached hydrogens (primary N) is 1. The third kappa shape index (κ3) is 2.62. The minimum atomic E-state index is -4.73. The number of alkyl halides is 3. The molecule has 1 aromatic carbocycles. The first kappa shape index (κ1) is 11.8. The molecule has 7 heteroatoms. The second-order valence-electron chi connectivity index (χ2n) is 3.03. The lowest BCUT2D eigenvalue weighted by molar-refractivity contribution is -0.139. The molecule has 0 saturated carbocycles. The Balaban J connectivity index is 3.55. The molecule has 1 aromatic rings. The number of nitrogen functional groups attached to an aromatic ring is 1. The van der Waals surface area contributed by atoms with Gasteiger partial charge < -0.3 is 5.73 Å². The molecule has 0 radical (unpaired) electrons. The normalized spacial score (nSPS) is 12.8. The van der Waals surface area contributed by atoms with Gasteiger partial charge in [-0.05, 0) is 18.2 Å². The number of rotatable bonds is 1. The second kappa shape index (κ2) is 3.41. The highest BCUT2D eigenvalue weighted by Gasteiger charge is 2.36. The van der Waals surface area contributed by atoms with Crippen LogP contribution in [0, 0.1) is 0 Å². The van der Waals surface area contributed by atoms with Crippen molar-refractivity contribution < 1.29 is 21.6 Å². The molecule has 0 aromatic heterocycles. The van der Waals surface area contributed by atoms with Gasteiger partial charge in [0.2, 0.25) is 0 Å². The van der Waals surface area contributed by atoms with Crippen LogP contribution in [0.2, 0.25) is 0 Å². The summed E-state index contributed by atoms with van der Waals surface area (Å²) in [6, 6.07) is 2.58. The van der Waals surface area contributed by atoms with Gasteiger partial charge in [-0.15, -0.1) is 0 Å². The maximum absolute atomic E-state index is 12.4. The lowest BCUT2D eigenvalue weighted by atomic mass is 10.2. The van der Waals surface area contributed by atoms with E-state index in [-0.39, 0.29) is 5.69 Å². The van der Waals surface area contributed by atoms with E-state index in [9.17, 15) is 21.6 Å². The molecule has 0 amide bonds. The molecule has 0 aliphatic heterocycles. The van der Waals surface area contributed by atoms with Gasteiger partial charge in [-0.3, -0.25) is 0 Å². The fourth-order valence-electron chi connectivity index (χ4n) is 1.09. The van der Waals surface area contributed by atoms with Crippen molar-refractivity contribution >= 4 is 15.5 Å². The van der Waals surface area contributed by atoms with Crippen LogP contribution in [0.4, 0.5) is 18.9 Å². The van der Waals surface area contributed by atoms with Gasteiger partial charge in [0.1, 0.15) is 0 Å². The lowest BCUT2D eigenvalue weighted by Gasteiger charge is -2.11. The summed E-state index contributed by atoms with van der Waals surface area (Å²) in [6.45, 7) is 0. The average molecular weight is 239 g/mol. The Kier molecular flexibility index (Phi) is 2.69. The Hall–Kier alpha value is -1.24. The van der Waals surface area contributed by atoms with Gasteiger partial charge in [-0.1, -0.05) is 0 Å². The maximum Gasteiger partial charge on any atom is 0.417 e. The van der Waals surface area contributed by atoms with Crippen molar-refractivity contribution in [1.82, 2.24) is 0 Å². The highest BCUT2D eigenvalue weighted by atomic mass is 32.2. The molecule has 15 heavy (non-hydrogen) atoms. The molecular weight excluding hydrogens is 231 g/mol. The highest BCUT2D eigenvalue weighted by molar-refractivity contribution is 7.90. The van der Waals surface area contributed by atoms with Crippen LogP contribution in [-0.2, 0) is 16.0 Å². The van der Waals surface area contributed by atoms with E-state index in [0.717, 1.165) is 12.1 Å². The lowest BCUT2D eigenvalue weighted by Crippen LogP contribution is -2.12. The average Bonchev–Trinajstić information content (AvgIpc) is 2.00. The van der Waals surface area contributed by atoms with Crippen molar-refractivity contribution in [3.63, 3.8) is 0 Å². The molecule has 0 heterocycles. The molecule has 0 atom stereocenters. The number of hydrogen-bond donors (Lipinski definition) is 1. The fraction of sp³-hybridized carbons (Fsp3) is 0.250. The maximum atomic E-state index is 12.4. The Bertz CT molecular complexity index is 479. The highest BCUT2D eigenvalue weighted by Crippen LogP contribution is 2.35. The first-order valence-electron chi connectivity index (χ1n) is 3.79. The number of sulfone groups is 1. The van der Waals surface area contributed by atoms with E-state index in [0.29, 0.717) is 12.3 Å². The molecule has 2 N–H and O–H groups in total. The molecule has 0 spiro atoms. The number of benzene rings is 1. The van der Waals surface area contributed by atoms with Crippen molar-refractivity contribution in [2.75, 3.05) is 12.0 Å². The monoisotopic (exact) mass is 239 g/mol. The van der Waals surface area contributed by atoms with E-state index in [1.807, 2.05) is 0 Å². The number of hydrogen-bond acceptors (Lipinski definition) is 3. The van der Waals surface area contributed by atoms with Gasteiger partial charge in [0.25, 0.3) is 0 Å². The topological polar surface area (TPSA) is 60.2 Å². The van der Waals surface area contributed by atoms with Gasteiger partial charge in [0, 0.05) is 11.9 Å². The van der Waals surface area contributed by atoms with Crippen molar-refractivity contribution in [3.8, 4) is 0 Å². The Labute approximate surface area is 84.6 Å². The summed E-state index contributed by atoms with van der Waals surface area (Å²) in [5.74, 6) is 0. The summed E-state index contributed by atoms with van der Waals surface area (Å²) < 4.78 is 59.5. The van der Waals surface area contributed by atoms with Gasteiger partial charge in [0.05, 0.1) is 10.5 Å². The van der Waals surface area contributed by atoms with Crippen LogP contribution in [0.1, 0.15) is 5.56 Å². The Morgan fingerprint density at radius 3 is 2.20 bits per heavy atom. The Morgan fingerprint density at radius 2 is 1.80 bits per heavy atom.